The zero-order chi connectivity index (χ0) is 19.2. The summed E-state index contributed by atoms with van der Waals surface area (Å²) < 4.78 is 4.01. The van der Waals surface area contributed by atoms with E-state index in [1.807, 2.05) is 35.1 Å². The second kappa shape index (κ2) is 6.77. The molecule has 146 valence electrons. The highest BCUT2D eigenvalue weighted by atomic mass is 15.4. The molecule has 1 aromatic carbocycles. The third-order valence-corrected chi connectivity index (χ3v) is 5.89. The molecular formula is C22H23N7. The highest BCUT2D eigenvalue weighted by Gasteiger charge is 2.29. The predicted molar refractivity (Wildman–Crippen MR) is 109 cm³/mol. The van der Waals surface area contributed by atoms with Gasteiger partial charge in [-0.25, -0.2) is 19.2 Å². The fraction of sp³-hybridized carbons (Fsp3) is 0.364. The van der Waals surface area contributed by atoms with Gasteiger partial charge in [0.2, 0.25) is 0 Å². The molecule has 4 heterocycles. The molecule has 0 bridgehead atoms. The first kappa shape index (κ1) is 16.9. The molecule has 3 aromatic heterocycles. The molecule has 7 nitrogen and oxygen atoms in total. The van der Waals surface area contributed by atoms with E-state index < -0.39 is 0 Å². The Morgan fingerprint density at radius 2 is 1.90 bits per heavy atom. The molecule has 1 aliphatic carbocycles. The number of rotatable bonds is 4. The van der Waals surface area contributed by atoms with Crippen molar-refractivity contribution in [2.24, 2.45) is 0 Å². The predicted octanol–water partition coefficient (Wildman–Crippen LogP) is 2.92. The van der Waals surface area contributed by atoms with Crippen LogP contribution < -0.4 is 0 Å². The van der Waals surface area contributed by atoms with E-state index in [2.05, 4.69) is 33.0 Å². The normalized spacial score (nSPS) is 17.4. The zero-order valence-corrected chi connectivity index (χ0v) is 16.3. The molecule has 0 saturated heterocycles. The maximum Gasteiger partial charge on any atom is 0.162 e. The average molecular weight is 385 g/mol. The van der Waals surface area contributed by atoms with Gasteiger partial charge in [-0.05, 0) is 18.4 Å². The van der Waals surface area contributed by atoms with Gasteiger partial charge in [-0.2, -0.15) is 10.2 Å². The van der Waals surface area contributed by atoms with Gasteiger partial charge in [0.1, 0.15) is 5.82 Å². The Morgan fingerprint density at radius 3 is 2.76 bits per heavy atom. The standard InChI is InChI=1S/C22H23N7/c1-2-4-17(5-3-1)19-13-24-29-15-16(12-23-22(19)29)14-27-9-8-20-25-21(18-6-7-18)26-28(20)11-10-27/h1-5,12-13,15,18H,6-11,14H2. The average Bonchev–Trinajstić information content (AvgIpc) is 3.44. The van der Waals surface area contributed by atoms with Crippen LogP contribution in [0.25, 0.3) is 16.8 Å². The lowest BCUT2D eigenvalue weighted by atomic mass is 10.1. The van der Waals surface area contributed by atoms with Gasteiger partial charge in [0.05, 0.1) is 12.7 Å². The second-order valence-corrected chi connectivity index (χ2v) is 8.06. The molecule has 0 amide bonds. The van der Waals surface area contributed by atoms with Crippen molar-refractivity contribution in [2.45, 2.75) is 38.3 Å². The number of nitrogens with zero attached hydrogens (tertiary/aromatic N) is 7. The molecule has 1 aliphatic heterocycles. The Labute approximate surface area is 169 Å². The molecule has 4 aromatic rings. The summed E-state index contributed by atoms with van der Waals surface area (Å²) in [5, 5.41) is 9.27. The summed E-state index contributed by atoms with van der Waals surface area (Å²) in [6, 6.07) is 10.3. The Balaban J connectivity index is 1.18. The van der Waals surface area contributed by atoms with Gasteiger partial charge in [-0.15, -0.1) is 0 Å². The maximum absolute atomic E-state index is 4.79. The number of aromatic nitrogens is 6. The molecular weight excluding hydrogens is 362 g/mol. The number of benzene rings is 1. The molecule has 0 N–H and O–H groups in total. The first-order valence-corrected chi connectivity index (χ1v) is 10.4. The fourth-order valence-electron chi connectivity index (χ4n) is 4.11. The van der Waals surface area contributed by atoms with E-state index in [1.54, 1.807) is 0 Å². The first-order chi connectivity index (χ1) is 14.3. The summed E-state index contributed by atoms with van der Waals surface area (Å²) in [5.41, 5.74) is 4.27. The van der Waals surface area contributed by atoms with Gasteiger partial charge < -0.3 is 0 Å². The highest BCUT2D eigenvalue weighted by molar-refractivity contribution is 5.76. The van der Waals surface area contributed by atoms with E-state index in [0.29, 0.717) is 5.92 Å². The van der Waals surface area contributed by atoms with Crippen LogP contribution in [0.4, 0.5) is 0 Å². The van der Waals surface area contributed by atoms with E-state index in [9.17, 15) is 0 Å². The summed E-state index contributed by atoms with van der Waals surface area (Å²) in [6.45, 7) is 3.75. The topological polar surface area (TPSA) is 64.1 Å². The molecule has 0 spiro atoms. The van der Waals surface area contributed by atoms with Gasteiger partial charge in [0.25, 0.3) is 0 Å². The van der Waals surface area contributed by atoms with Crippen LogP contribution in [0.5, 0.6) is 0 Å². The monoisotopic (exact) mass is 385 g/mol. The molecule has 6 rings (SSSR count). The van der Waals surface area contributed by atoms with Crippen LogP contribution in [0.3, 0.4) is 0 Å². The molecule has 1 fully saturated rings. The van der Waals surface area contributed by atoms with Gasteiger partial charge in [0.15, 0.2) is 11.5 Å². The SMILES string of the molecule is c1ccc(-c2cnn3cc(CN4CCc5nc(C6CC6)nn5CC4)cnc23)cc1. The van der Waals surface area contributed by atoms with Crippen LogP contribution in [-0.2, 0) is 19.5 Å². The Morgan fingerprint density at radius 1 is 1.00 bits per heavy atom. The van der Waals surface area contributed by atoms with E-state index in [-0.39, 0.29) is 0 Å². The van der Waals surface area contributed by atoms with Crippen LogP contribution in [0.15, 0.2) is 48.9 Å². The van der Waals surface area contributed by atoms with Gasteiger partial charge in [0, 0.05) is 55.5 Å². The fourth-order valence-corrected chi connectivity index (χ4v) is 4.11. The van der Waals surface area contributed by atoms with Crippen molar-refractivity contribution in [1.29, 1.82) is 0 Å². The smallest absolute Gasteiger partial charge is 0.162 e. The van der Waals surface area contributed by atoms with Crippen LogP contribution in [0.2, 0.25) is 0 Å². The molecule has 7 heteroatoms. The molecule has 0 radical (unpaired) electrons. The second-order valence-electron chi connectivity index (χ2n) is 8.06. The Bertz CT molecular complexity index is 1130. The van der Waals surface area contributed by atoms with Crippen molar-refractivity contribution in [1.82, 2.24) is 34.3 Å². The third-order valence-electron chi connectivity index (χ3n) is 5.89. The minimum Gasteiger partial charge on any atom is -0.297 e. The molecule has 0 atom stereocenters. The van der Waals surface area contributed by atoms with Crippen LogP contribution in [0, 0.1) is 0 Å². The van der Waals surface area contributed by atoms with E-state index in [4.69, 9.17) is 15.1 Å². The van der Waals surface area contributed by atoms with Crippen LogP contribution in [0.1, 0.15) is 36.0 Å². The maximum atomic E-state index is 4.79. The molecule has 29 heavy (non-hydrogen) atoms. The summed E-state index contributed by atoms with van der Waals surface area (Å²) in [7, 11) is 0. The van der Waals surface area contributed by atoms with E-state index in [0.717, 1.165) is 61.0 Å². The minimum absolute atomic E-state index is 0.623. The summed E-state index contributed by atoms with van der Waals surface area (Å²) in [6.07, 6.45) is 9.44. The lowest BCUT2D eigenvalue weighted by Gasteiger charge is -2.19. The van der Waals surface area contributed by atoms with Crippen molar-refractivity contribution in [3.8, 4) is 11.1 Å². The van der Waals surface area contributed by atoms with Crippen molar-refractivity contribution < 1.29 is 0 Å². The van der Waals surface area contributed by atoms with E-state index >= 15 is 0 Å². The lowest BCUT2D eigenvalue weighted by Crippen LogP contribution is -2.27. The summed E-state index contributed by atoms with van der Waals surface area (Å²) in [4.78, 5) is 12.0. The number of hydrogen-bond donors (Lipinski definition) is 0. The van der Waals surface area contributed by atoms with Crippen molar-refractivity contribution >= 4 is 5.65 Å². The van der Waals surface area contributed by atoms with Gasteiger partial charge in [-0.1, -0.05) is 30.3 Å². The van der Waals surface area contributed by atoms with Crippen molar-refractivity contribution in [2.75, 3.05) is 13.1 Å². The van der Waals surface area contributed by atoms with Crippen LogP contribution >= 0.6 is 0 Å². The minimum atomic E-state index is 0.623. The molecule has 0 unspecified atom stereocenters. The van der Waals surface area contributed by atoms with Crippen molar-refractivity contribution in [3.63, 3.8) is 0 Å². The Hall–Kier alpha value is -3.06. The van der Waals surface area contributed by atoms with E-state index in [1.165, 1.54) is 18.4 Å². The summed E-state index contributed by atoms with van der Waals surface area (Å²) >= 11 is 0. The molecule has 1 saturated carbocycles. The zero-order valence-electron chi connectivity index (χ0n) is 16.3. The third kappa shape index (κ3) is 3.21. The Kier molecular flexibility index (Phi) is 3.94. The lowest BCUT2D eigenvalue weighted by molar-refractivity contribution is 0.268. The van der Waals surface area contributed by atoms with Crippen LogP contribution in [-0.4, -0.2) is 47.4 Å². The van der Waals surface area contributed by atoms with Crippen molar-refractivity contribution in [3.05, 3.63) is 66.1 Å². The molecule has 2 aliphatic rings. The summed E-state index contributed by atoms with van der Waals surface area (Å²) in [5.74, 6) is 2.83. The van der Waals surface area contributed by atoms with Gasteiger partial charge in [-0.3, -0.25) is 4.90 Å². The first-order valence-electron chi connectivity index (χ1n) is 10.4. The number of fused-ring (bicyclic) bond motifs is 2. The quantitative estimate of drug-likeness (QED) is 0.540. The number of hydrogen-bond acceptors (Lipinski definition) is 5. The van der Waals surface area contributed by atoms with Gasteiger partial charge >= 0.3 is 0 Å². The highest BCUT2D eigenvalue weighted by Crippen LogP contribution is 2.38. The largest absolute Gasteiger partial charge is 0.297 e.